The van der Waals surface area contributed by atoms with Crippen molar-refractivity contribution < 1.29 is 9.84 Å². The fourth-order valence-electron chi connectivity index (χ4n) is 1.98. The molecule has 1 heterocycles. The smallest absolute Gasteiger partial charge is 0.0692 e. The van der Waals surface area contributed by atoms with Crippen LogP contribution in [0.3, 0.4) is 0 Å². The number of hydrogen-bond acceptors (Lipinski definition) is 3. The monoisotopic (exact) mass is 241 g/mol. The number of halogens is 1. The first-order valence-electron chi connectivity index (χ1n) is 5.43. The van der Waals surface area contributed by atoms with E-state index in [2.05, 4.69) is 5.32 Å². The zero-order valence-corrected chi connectivity index (χ0v) is 9.83. The second-order valence-corrected chi connectivity index (χ2v) is 4.59. The molecular weight excluding hydrogens is 226 g/mol. The van der Waals surface area contributed by atoms with Crippen LogP contribution >= 0.6 is 11.6 Å². The second-order valence-electron chi connectivity index (χ2n) is 4.19. The number of rotatable bonds is 3. The van der Waals surface area contributed by atoms with E-state index in [9.17, 15) is 5.11 Å². The Hall–Kier alpha value is -0.610. The summed E-state index contributed by atoms with van der Waals surface area (Å²) in [5.41, 5.74) is 0.652. The molecular formula is C12H16ClNO2. The van der Waals surface area contributed by atoms with E-state index in [4.69, 9.17) is 16.3 Å². The summed E-state index contributed by atoms with van der Waals surface area (Å²) < 4.78 is 5.42. The number of hydrogen-bond donors (Lipinski definition) is 2. The van der Waals surface area contributed by atoms with Crippen molar-refractivity contribution in [3.05, 3.63) is 34.9 Å². The molecule has 2 N–H and O–H groups in total. The molecule has 1 saturated heterocycles. The lowest BCUT2D eigenvalue weighted by molar-refractivity contribution is -0.000707. The molecule has 16 heavy (non-hydrogen) atoms. The molecule has 0 amide bonds. The van der Waals surface area contributed by atoms with Gasteiger partial charge in [0.15, 0.2) is 0 Å². The average Bonchev–Trinajstić information content (AvgIpc) is 2.33. The standard InChI is InChI=1S/C12H16ClNO2/c13-11-4-2-1-3-10(11)7-12(8-15)9-16-6-5-14-12/h1-4,14-15H,5-9H2. The summed E-state index contributed by atoms with van der Waals surface area (Å²) in [5.74, 6) is 0. The molecule has 1 fully saturated rings. The third-order valence-electron chi connectivity index (χ3n) is 2.91. The molecule has 1 unspecified atom stereocenters. The summed E-state index contributed by atoms with van der Waals surface area (Å²) in [6, 6.07) is 7.71. The van der Waals surface area contributed by atoms with Crippen molar-refractivity contribution in [1.29, 1.82) is 0 Å². The van der Waals surface area contributed by atoms with Gasteiger partial charge >= 0.3 is 0 Å². The molecule has 1 atom stereocenters. The van der Waals surface area contributed by atoms with Crippen LogP contribution in [0.1, 0.15) is 5.56 Å². The molecule has 0 aliphatic carbocycles. The Morgan fingerprint density at radius 3 is 2.88 bits per heavy atom. The molecule has 3 nitrogen and oxygen atoms in total. The quantitative estimate of drug-likeness (QED) is 0.837. The molecule has 1 aliphatic rings. The minimum atomic E-state index is -0.386. The number of aliphatic hydroxyl groups excluding tert-OH is 1. The maximum absolute atomic E-state index is 9.51. The van der Waals surface area contributed by atoms with Crippen LogP contribution in [0.2, 0.25) is 5.02 Å². The highest BCUT2D eigenvalue weighted by Crippen LogP contribution is 2.22. The topological polar surface area (TPSA) is 41.5 Å². The minimum Gasteiger partial charge on any atom is -0.394 e. The van der Waals surface area contributed by atoms with Crippen LogP contribution in [0.4, 0.5) is 0 Å². The van der Waals surface area contributed by atoms with Crippen LogP contribution in [0.15, 0.2) is 24.3 Å². The van der Waals surface area contributed by atoms with E-state index in [0.717, 1.165) is 17.1 Å². The van der Waals surface area contributed by atoms with Crippen molar-refractivity contribution in [1.82, 2.24) is 5.32 Å². The third kappa shape index (κ3) is 2.55. The number of aliphatic hydroxyl groups is 1. The Labute approximate surface area is 100 Å². The predicted molar refractivity (Wildman–Crippen MR) is 63.8 cm³/mol. The van der Waals surface area contributed by atoms with Gasteiger partial charge in [0.2, 0.25) is 0 Å². The number of morpholine rings is 1. The van der Waals surface area contributed by atoms with Gasteiger partial charge in [-0.15, -0.1) is 0 Å². The molecule has 0 spiro atoms. The molecule has 0 aromatic heterocycles. The van der Waals surface area contributed by atoms with Gasteiger partial charge in [0, 0.05) is 11.6 Å². The fourth-order valence-corrected chi connectivity index (χ4v) is 2.19. The molecule has 0 bridgehead atoms. The molecule has 2 rings (SSSR count). The van der Waals surface area contributed by atoms with Crippen molar-refractivity contribution in [3.63, 3.8) is 0 Å². The molecule has 1 aliphatic heterocycles. The van der Waals surface area contributed by atoms with Crippen LogP contribution in [0.25, 0.3) is 0 Å². The Balaban J connectivity index is 2.15. The highest BCUT2D eigenvalue weighted by molar-refractivity contribution is 6.31. The van der Waals surface area contributed by atoms with E-state index < -0.39 is 0 Å². The molecule has 1 aromatic carbocycles. The lowest BCUT2D eigenvalue weighted by Crippen LogP contribution is -2.58. The largest absolute Gasteiger partial charge is 0.394 e. The number of nitrogens with one attached hydrogen (secondary N) is 1. The van der Waals surface area contributed by atoms with Crippen molar-refractivity contribution in [2.45, 2.75) is 12.0 Å². The second kappa shape index (κ2) is 5.15. The first kappa shape index (κ1) is 11.9. The third-order valence-corrected chi connectivity index (χ3v) is 3.28. The minimum absolute atomic E-state index is 0.0538. The first-order chi connectivity index (χ1) is 7.76. The van der Waals surface area contributed by atoms with Crippen LogP contribution in [-0.4, -0.2) is 37.0 Å². The normalized spacial score (nSPS) is 25.6. The summed E-state index contributed by atoms with van der Waals surface area (Å²) in [6.07, 6.45) is 0.684. The summed E-state index contributed by atoms with van der Waals surface area (Å²) in [6.45, 7) is 2.04. The summed E-state index contributed by atoms with van der Waals surface area (Å²) in [5, 5.41) is 13.6. The predicted octanol–water partition coefficient (Wildman–Crippen LogP) is 1.23. The van der Waals surface area contributed by atoms with Gasteiger partial charge in [0.25, 0.3) is 0 Å². The van der Waals surface area contributed by atoms with E-state index in [1.165, 1.54) is 0 Å². The van der Waals surface area contributed by atoms with E-state index in [1.54, 1.807) is 0 Å². The highest BCUT2D eigenvalue weighted by Gasteiger charge is 2.32. The molecule has 0 radical (unpaired) electrons. The zero-order chi connectivity index (χ0) is 11.4. The first-order valence-corrected chi connectivity index (χ1v) is 5.81. The van der Waals surface area contributed by atoms with Crippen LogP contribution in [0, 0.1) is 0 Å². The number of benzene rings is 1. The van der Waals surface area contributed by atoms with E-state index in [1.807, 2.05) is 24.3 Å². The van der Waals surface area contributed by atoms with Crippen molar-refractivity contribution in [2.75, 3.05) is 26.4 Å². The lowest BCUT2D eigenvalue weighted by Gasteiger charge is -2.37. The van der Waals surface area contributed by atoms with Gasteiger partial charge < -0.3 is 15.2 Å². The van der Waals surface area contributed by atoms with Gasteiger partial charge in [-0.2, -0.15) is 0 Å². The van der Waals surface area contributed by atoms with Gasteiger partial charge in [0.05, 0.1) is 25.4 Å². The van der Waals surface area contributed by atoms with Crippen molar-refractivity contribution in [3.8, 4) is 0 Å². The summed E-state index contributed by atoms with van der Waals surface area (Å²) >= 11 is 6.11. The summed E-state index contributed by atoms with van der Waals surface area (Å²) in [7, 11) is 0. The van der Waals surface area contributed by atoms with E-state index in [0.29, 0.717) is 19.6 Å². The molecule has 1 aromatic rings. The maximum atomic E-state index is 9.51. The van der Waals surface area contributed by atoms with Crippen LogP contribution < -0.4 is 5.32 Å². The Morgan fingerprint density at radius 1 is 1.44 bits per heavy atom. The van der Waals surface area contributed by atoms with Crippen molar-refractivity contribution >= 4 is 11.6 Å². The molecule has 88 valence electrons. The van der Waals surface area contributed by atoms with Gasteiger partial charge in [-0.3, -0.25) is 0 Å². The summed E-state index contributed by atoms with van der Waals surface area (Å²) in [4.78, 5) is 0. The lowest BCUT2D eigenvalue weighted by atomic mass is 9.91. The van der Waals surface area contributed by atoms with Crippen LogP contribution in [-0.2, 0) is 11.2 Å². The van der Waals surface area contributed by atoms with Gasteiger partial charge in [-0.25, -0.2) is 0 Å². The molecule has 0 saturated carbocycles. The van der Waals surface area contributed by atoms with Gasteiger partial charge in [-0.05, 0) is 18.1 Å². The fraction of sp³-hybridized carbons (Fsp3) is 0.500. The van der Waals surface area contributed by atoms with E-state index >= 15 is 0 Å². The van der Waals surface area contributed by atoms with Crippen molar-refractivity contribution in [2.24, 2.45) is 0 Å². The van der Waals surface area contributed by atoms with Crippen LogP contribution in [0.5, 0.6) is 0 Å². The SMILES string of the molecule is OCC1(Cc2ccccc2Cl)COCCN1. The Morgan fingerprint density at radius 2 is 2.25 bits per heavy atom. The Kier molecular flexibility index (Phi) is 3.82. The van der Waals surface area contributed by atoms with Gasteiger partial charge in [-0.1, -0.05) is 29.8 Å². The van der Waals surface area contributed by atoms with E-state index in [-0.39, 0.29) is 12.1 Å². The highest BCUT2D eigenvalue weighted by atomic mass is 35.5. The van der Waals surface area contributed by atoms with Gasteiger partial charge in [0.1, 0.15) is 0 Å². The zero-order valence-electron chi connectivity index (χ0n) is 9.08. The molecule has 4 heteroatoms. The average molecular weight is 242 g/mol. The number of ether oxygens (including phenoxy) is 1. The Bertz CT molecular complexity index is 351. The maximum Gasteiger partial charge on any atom is 0.0692 e.